The largest absolute Gasteiger partial charge is 1.00 e. The number of fused-ring (bicyclic) bond motifs is 1. The van der Waals surface area contributed by atoms with Gasteiger partial charge in [0.25, 0.3) is 10.1 Å². The van der Waals surface area contributed by atoms with Crippen LogP contribution in [0.5, 0.6) is 5.75 Å². The monoisotopic (exact) mass is 467 g/mol. The van der Waals surface area contributed by atoms with Gasteiger partial charge in [0.1, 0.15) is 15.0 Å². The standard InChI is InChI=1S/C16H13N3O7S2.2Na/c17-15-13(28(24,25)26)8-12(27(21,22)23)10-6-7-11(16(20)14(10)15)19-18-9-4-2-1-3-5-9;;/h1-8,20H,17H2,(H,21,22,23)(H,24,25,26);;/q;2*+1/p-2. The fraction of sp³-hybridized carbons (Fsp3) is 0. The van der Waals surface area contributed by atoms with Gasteiger partial charge in [-0.1, -0.05) is 30.0 Å². The number of azo groups is 1. The van der Waals surface area contributed by atoms with Crippen molar-refractivity contribution in [3.8, 4) is 5.75 Å². The van der Waals surface area contributed by atoms with E-state index in [-0.39, 0.29) is 70.2 Å². The van der Waals surface area contributed by atoms with Crippen molar-refractivity contribution < 1.29 is 90.2 Å². The van der Waals surface area contributed by atoms with Crippen LogP contribution in [0.15, 0.2) is 68.6 Å². The molecule has 0 atom stereocenters. The summed E-state index contributed by atoms with van der Waals surface area (Å²) < 4.78 is 66.9. The van der Waals surface area contributed by atoms with Crippen molar-refractivity contribution in [3.05, 3.63) is 48.5 Å². The maximum absolute atomic E-state index is 12.7. The first-order valence-corrected chi connectivity index (χ1v) is 10.3. The van der Waals surface area contributed by atoms with Gasteiger partial charge >= 0.3 is 59.1 Å². The van der Waals surface area contributed by atoms with Gasteiger partial charge in [0.2, 0.25) is 0 Å². The average Bonchev–Trinajstić information content (AvgIpc) is 2.60. The van der Waals surface area contributed by atoms with Crippen LogP contribution in [-0.2, 0) is 20.2 Å². The zero-order valence-electron chi connectivity index (χ0n) is 15.8. The predicted octanol–water partition coefficient (Wildman–Crippen LogP) is -3.93. The Bertz CT molecular complexity index is 1330. The molecular weight excluding hydrogens is 456 g/mol. The van der Waals surface area contributed by atoms with Crippen LogP contribution in [0.3, 0.4) is 0 Å². The summed E-state index contributed by atoms with van der Waals surface area (Å²) in [5.74, 6) is -0.954. The van der Waals surface area contributed by atoms with E-state index < -0.39 is 46.9 Å². The third kappa shape index (κ3) is 5.59. The van der Waals surface area contributed by atoms with Gasteiger partial charge in [-0.05, 0) is 24.3 Å². The second-order valence-corrected chi connectivity index (χ2v) is 8.33. The van der Waals surface area contributed by atoms with Crippen LogP contribution in [0.25, 0.3) is 10.8 Å². The summed E-state index contributed by atoms with van der Waals surface area (Å²) in [6, 6.07) is 11.0. The molecule has 0 amide bonds. The Morgan fingerprint density at radius 2 is 1.50 bits per heavy atom. The van der Waals surface area contributed by atoms with Crippen LogP contribution in [0.1, 0.15) is 0 Å². The Morgan fingerprint density at radius 1 is 0.900 bits per heavy atom. The molecule has 3 aromatic carbocycles. The number of benzene rings is 3. The molecule has 0 fully saturated rings. The SMILES string of the molecule is Nc1c(S(=O)(=O)O)cc(S(=O)(=O)[O-])c2ccc(N=Nc3ccccc3)c([O-])c12.[Na+].[Na+]. The molecule has 0 aliphatic heterocycles. The van der Waals surface area contributed by atoms with Crippen molar-refractivity contribution in [2.45, 2.75) is 9.79 Å². The van der Waals surface area contributed by atoms with E-state index >= 15 is 0 Å². The second kappa shape index (κ2) is 10.0. The van der Waals surface area contributed by atoms with Crippen molar-refractivity contribution in [2.75, 3.05) is 5.73 Å². The maximum Gasteiger partial charge on any atom is 1.00 e. The number of rotatable bonds is 4. The van der Waals surface area contributed by atoms with Gasteiger partial charge < -0.3 is 15.4 Å². The molecule has 14 heteroatoms. The quantitative estimate of drug-likeness (QED) is 0.169. The van der Waals surface area contributed by atoms with Crippen LogP contribution >= 0.6 is 0 Å². The summed E-state index contributed by atoms with van der Waals surface area (Å²) in [5.41, 5.74) is 5.13. The molecule has 0 bridgehead atoms. The third-order valence-corrected chi connectivity index (χ3v) is 5.55. The number of nitrogen functional groups attached to an aromatic ring is 1. The van der Waals surface area contributed by atoms with Gasteiger partial charge in [-0.3, -0.25) is 4.55 Å². The average molecular weight is 467 g/mol. The molecule has 3 N–H and O–H groups in total. The Hall–Kier alpha value is -1.06. The molecule has 0 aliphatic rings. The van der Waals surface area contributed by atoms with Gasteiger partial charge in [-0.15, -0.1) is 0 Å². The summed E-state index contributed by atoms with van der Waals surface area (Å²) in [7, 11) is -10.2. The van der Waals surface area contributed by atoms with Crippen LogP contribution < -0.4 is 70.0 Å². The van der Waals surface area contributed by atoms with E-state index in [1.807, 2.05) is 0 Å². The summed E-state index contributed by atoms with van der Waals surface area (Å²) >= 11 is 0. The van der Waals surface area contributed by atoms with Crippen LogP contribution in [-0.4, -0.2) is 25.9 Å². The fourth-order valence-corrected chi connectivity index (χ4v) is 3.97. The minimum atomic E-state index is -5.19. The predicted molar refractivity (Wildman–Crippen MR) is 96.2 cm³/mol. The summed E-state index contributed by atoms with van der Waals surface area (Å²) in [6.45, 7) is 0. The van der Waals surface area contributed by atoms with E-state index in [1.54, 1.807) is 30.3 Å². The van der Waals surface area contributed by atoms with Crippen molar-refractivity contribution in [1.82, 2.24) is 0 Å². The second-order valence-electron chi connectivity index (χ2n) is 5.59. The first-order valence-electron chi connectivity index (χ1n) is 7.46. The van der Waals surface area contributed by atoms with E-state index in [9.17, 15) is 31.0 Å². The zero-order chi connectivity index (χ0) is 20.7. The van der Waals surface area contributed by atoms with Gasteiger partial charge in [-0.2, -0.15) is 18.6 Å². The van der Waals surface area contributed by atoms with E-state index in [0.717, 1.165) is 12.1 Å². The van der Waals surface area contributed by atoms with Crippen molar-refractivity contribution >= 4 is 48.1 Å². The van der Waals surface area contributed by atoms with Crippen LogP contribution in [0.4, 0.5) is 17.1 Å². The molecule has 146 valence electrons. The van der Waals surface area contributed by atoms with E-state index in [2.05, 4.69) is 10.2 Å². The normalized spacial score (nSPS) is 11.8. The molecule has 0 heterocycles. The van der Waals surface area contributed by atoms with E-state index in [0.29, 0.717) is 11.8 Å². The van der Waals surface area contributed by atoms with Crippen molar-refractivity contribution in [3.63, 3.8) is 0 Å². The maximum atomic E-state index is 12.7. The Labute approximate surface area is 216 Å². The van der Waals surface area contributed by atoms with E-state index in [1.165, 1.54) is 0 Å². The first-order chi connectivity index (χ1) is 13.0. The molecule has 0 unspecified atom stereocenters. The van der Waals surface area contributed by atoms with Gasteiger partial charge in [0, 0.05) is 10.8 Å². The molecule has 0 saturated heterocycles. The van der Waals surface area contributed by atoms with Crippen LogP contribution in [0, 0.1) is 0 Å². The number of hydrogen-bond acceptors (Lipinski definition) is 9. The Balaban J connectivity index is 0.00000225. The summed E-state index contributed by atoms with van der Waals surface area (Å²) in [5, 5.41) is 19.4. The van der Waals surface area contributed by atoms with E-state index in [4.69, 9.17) is 5.73 Å². The number of nitrogens with two attached hydrogens (primary N) is 1. The molecule has 0 spiro atoms. The minimum absolute atomic E-state index is 0. The molecule has 10 nitrogen and oxygen atoms in total. The molecule has 3 aromatic rings. The van der Waals surface area contributed by atoms with Crippen molar-refractivity contribution in [1.29, 1.82) is 0 Å². The molecule has 0 radical (unpaired) electrons. The van der Waals surface area contributed by atoms with Crippen LogP contribution in [0.2, 0.25) is 0 Å². The van der Waals surface area contributed by atoms with Gasteiger partial charge in [-0.25, -0.2) is 8.42 Å². The third-order valence-electron chi connectivity index (χ3n) is 3.78. The molecule has 30 heavy (non-hydrogen) atoms. The smallest absolute Gasteiger partial charge is 0.870 e. The Kier molecular flexibility index (Phi) is 9.03. The molecule has 0 saturated carbocycles. The Morgan fingerprint density at radius 3 is 2.03 bits per heavy atom. The topological polar surface area (TPSA) is 185 Å². The number of anilines is 1. The first kappa shape index (κ1) is 27.0. The van der Waals surface area contributed by atoms with Crippen molar-refractivity contribution in [2.24, 2.45) is 10.2 Å². The fourth-order valence-electron chi connectivity index (χ4n) is 2.55. The number of nitrogens with zero attached hydrogens (tertiary/aromatic N) is 2. The van der Waals surface area contributed by atoms with Gasteiger partial charge in [0.05, 0.1) is 22.0 Å². The number of hydrogen-bond donors (Lipinski definition) is 2. The van der Waals surface area contributed by atoms with Gasteiger partial charge in [0.15, 0.2) is 0 Å². The molecule has 0 aliphatic carbocycles. The molecular formula is C16H11N3Na2O7S2. The minimum Gasteiger partial charge on any atom is -0.870 e. The summed E-state index contributed by atoms with van der Waals surface area (Å²) in [4.78, 5) is -2.07. The molecule has 3 rings (SSSR count). The zero-order valence-corrected chi connectivity index (χ0v) is 21.4. The summed E-state index contributed by atoms with van der Waals surface area (Å²) in [6.07, 6.45) is 0. The molecule has 0 aromatic heterocycles.